The molecule has 0 aromatic heterocycles. The number of likely N-dealkylation sites (tertiary alicyclic amines) is 1. The molecule has 3 unspecified atom stereocenters. The number of ether oxygens (including phenoxy) is 1. The second-order valence-electron chi connectivity index (χ2n) is 5.61. The average molecular weight is 241 g/mol. The molecule has 17 heavy (non-hydrogen) atoms. The maximum atomic E-state index is 5.85. The van der Waals surface area contributed by atoms with Crippen LogP contribution in [-0.4, -0.2) is 74.9 Å². The summed E-state index contributed by atoms with van der Waals surface area (Å²) in [5.41, 5.74) is 0. The Kier molecular flexibility index (Phi) is 4.79. The number of rotatable bonds is 3. The zero-order valence-electron chi connectivity index (χ0n) is 11.5. The number of hydrogen-bond acceptors (Lipinski definition) is 4. The van der Waals surface area contributed by atoms with E-state index in [1.165, 1.54) is 19.4 Å². The Morgan fingerprint density at radius 3 is 2.82 bits per heavy atom. The second kappa shape index (κ2) is 6.14. The van der Waals surface area contributed by atoms with Crippen LogP contribution in [0, 0.1) is 0 Å². The molecule has 2 aliphatic rings. The van der Waals surface area contributed by atoms with E-state index in [0.29, 0.717) is 18.2 Å². The lowest BCUT2D eigenvalue weighted by Gasteiger charge is -2.41. The third kappa shape index (κ3) is 3.65. The van der Waals surface area contributed by atoms with Crippen molar-refractivity contribution in [3.63, 3.8) is 0 Å². The fourth-order valence-electron chi connectivity index (χ4n) is 2.99. The minimum atomic E-state index is 0.405. The number of piperidine rings is 1. The van der Waals surface area contributed by atoms with Gasteiger partial charge in [0.05, 0.1) is 12.7 Å². The molecule has 0 aromatic carbocycles. The summed E-state index contributed by atoms with van der Waals surface area (Å²) >= 11 is 0. The molecule has 1 N–H and O–H groups in total. The molecule has 2 saturated heterocycles. The Labute approximate surface area is 105 Å². The van der Waals surface area contributed by atoms with Gasteiger partial charge < -0.3 is 15.0 Å². The van der Waals surface area contributed by atoms with Crippen molar-refractivity contribution >= 4 is 0 Å². The summed E-state index contributed by atoms with van der Waals surface area (Å²) in [6.45, 7) is 7.70. The molecule has 4 nitrogen and oxygen atoms in total. The molecule has 3 atom stereocenters. The Balaban J connectivity index is 1.78. The summed E-state index contributed by atoms with van der Waals surface area (Å²) in [5.74, 6) is 0. The van der Waals surface area contributed by atoms with Crippen LogP contribution in [0.4, 0.5) is 0 Å². The van der Waals surface area contributed by atoms with Gasteiger partial charge in [0.1, 0.15) is 0 Å². The minimum absolute atomic E-state index is 0.405. The van der Waals surface area contributed by atoms with Crippen molar-refractivity contribution in [3.05, 3.63) is 0 Å². The minimum Gasteiger partial charge on any atom is -0.374 e. The number of morpholine rings is 1. The highest BCUT2D eigenvalue weighted by molar-refractivity contribution is 4.84. The van der Waals surface area contributed by atoms with Crippen LogP contribution in [-0.2, 0) is 4.74 Å². The first-order chi connectivity index (χ1) is 8.19. The van der Waals surface area contributed by atoms with Crippen molar-refractivity contribution in [2.75, 3.05) is 46.9 Å². The van der Waals surface area contributed by atoms with Gasteiger partial charge in [-0.05, 0) is 33.9 Å². The van der Waals surface area contributed by atoms with E-state index in [0.717, 1.165) is 26.2 Å². The maximum absolute atomic E-state index is 5.85. The summed E-state index contributed by atoms with van der Waals surface area (Å²) in [6.07, 6.45) is 2.94. The molecule has 2 fully saturated rings. The average Bonchev–Trinajstić information content (AvgIpc) is 2.32. The molecule has 2 heterocycles. The molecule has 2 aliphatic heterocycles. The van der Waals surface area contributed by atoms with Crippen molar-refractivity contribution in [1.29, 1.82) is 0 Å². The lowest BCUT2D eigenvalue weighted by molar-refractivity contribution is -0.0452. The van der Waals surface area contributed by atoms with Crippen LogP contribution in [0.25, 0.3) is 0 Å². The Bertz CT molecular complexity index is 237. The highest BCUT2D eigenvalue weighted by Gasteiger charge is 2.28. The van der Waals surface area contributed by atoms with Gasteiger partial charge in [-0.15, -0.1) is 0 Å². The monoisotopic (exact) mass is 241 g/mol. The van der Waals surface area contributed by atoms with Gasteiger partial charge in [0.2, 0.25) is 0 Å². The van der Waals surface area contributed by atoms with Gasteiger partial charge in [-0.25, -0.2) is 0 Å². The third-order valence-electron chi connectivity index (χ3n) is 4.20. The van der Waals surface area contributed by atoms with Crippen molar-refractivity contribution in [3.8, 4) is 0 Å². The lowest BCUT2D eigenvalue weighted by atomic mass is 9.98. The summed E-state index contributed by atoms with van der Waals surface area (Å²) in [7, 11) is 4.26. The predicted octanol–water partition coefficient (Wildman–Crippen LogP) is 0.389. The molecule has 2 rings (SSSR count). The van der Waals surface area contributed by atoms with E-state index in [2.05, 4.69) is 36.1 Å². The molecule has 0 amide bonds. The van der Waals surface area contributed by atoms with Gasteiger partial charge in [0.15, 0.2) is 0 Å². The molecule has 0 bridgehead atoms. The van der Waals surface area contributed by atoms with Gasteiger partial charge in [-0.3, -0.25) is 4.90 Å². The Morgan fingerprint density at radius 2 is 2.18 bits per heavy atom. The van der Waals surface area contributed by atoms with Crippen molar-refractivity contribution in [2.24, 2.45) is 0 Å². The first kappa shape index (κ1) is 13.3. The van der Waals surface area contributed by atoms with E-state index < -0.39 is 0 Å². The van der Waals surface area contributed by atoms with Crippen LogP contribution in [0.5, 0.6) is 0 Å². The molecule has 0 saturated carbocycles. The molecular formula is C13H27N3O. The SMILES string of the molecule is CNC1CCN(CC2CN(C)CCO2)C(C)C1. The molecule has 0 radical (unpaired) electrons. The summed E-state index contributed by atoms with van der Waals surface area (Å²) in [6, 6.07) is 1.38. The van der Waals surface area contributed by atoms with E-state index in [1.807, 2.05) is 0 Å². The quantitative estimate of drug-likeness (QED) is 0.773. The van der Waals surface area contributed by atoms with Gasteiger partial charge in [-0.1, -0.05) is 0 Å². The van der Waals surface area contributed by atoms with Gasteiger partial charge in [0, 0.05) is 38.3 Å². The molecule has 0 aliphatic carbocycles. The van der Waals surface area contributed by atoms with Gasteiger partial charge >= 0.3 is 0 Å². The molecule has 100 valence electrons. The van der Waals surface area contributed by atoms with Gasteiger partial charge in [-0.2, -0.15) is 0 Å². The fraction of sp³-hybridized carbons (Fsp3) is 1.00. The van der Waals surface area contributed by atoms with Crippen molar-refractivity contribution in [2.45, 2.75) is 38.0 Å². The Hall–Kier alpha value is -0.160. The second-order valence-corrected chi connectivity index (χ2v) is 5.61. The Morgan fingerprint density at radius 1 is 1.35 bits per heavy atom. The highest BCUT2D eigenvalue weighted by Crippen LogP contribution is 2.18. The first-order valence-electron chi connectivity index (χ1n) is 6.90. The van der Waals surface area contributed by atoms with E-state index in [-0.39, 0.29) is 0 Å². The van der Waals surface area contributed by atoms with Crippen LogP contribution in [0.1, 0.15) is 19.8 Å². The fourth-order valence-corrected chi connectivity index (χ4v) is 2.99. The largest absolute Gasteiger partial charge is 0.374 e. The number of nitrogens with one attached hydrogen (secondary N) is 1. The standard InChI is InChI=1S/C13H27N3O/c1-11-8-12(14-2)4-5-16(11)10-13-9-15(3)6-7-17-13/h11-14H,4-10H2,1-3H3. The predicted molar refractivity (Wildman–Crippen MR) is 70.4 cm³/mol. The highest BCUT2D eigenvalue weighted by atomic mass is 16.5. The van der Waals surface area contributed by atoms with Crippen LogP contribution in [0.15, 0.2) is 0 Å². The number of likely N-dealkylation sites (N-methyl/N-ethyl adjacent to an activating group) is 1. The van der Waals surface area contributed by atoms with E-state index >= 15 is 0 Å². The summed E-state index contributed by atoms with van der Waals surface area (Å²) in [5, 5.41) is 3.40. The van der Waals surface area contributed by atoms with Gasteiger partial charge in [0.25, 0.3) is 0 Å². The van der Waals surface area contributed by atoms with E-state index in [1.54, 1.807) is 0 Å². The zero-order valence-corrected chi connectivity index (χ0v) is 11.5. The maximum Gasteiger partial charge on any atom is 0.0829 e. The molecule has 4 heteroatoms. The normalized spacial score (nSPS) is 37.2. The number of hydrogen-bond donors (Lipinski definition) is 1. The smallest absolute Gasteiger partial charge is 0.0829 e. The third-order valence-corrected chi connectivity index (χ3v) is 4.20. The lowest BCUT2D eigenvalue weighted by Crippen LogP contribution is -2.52. The zero-order chi connectivity index (χ0) is 12.3. The summed E-state index contributed by atoms with van der Waals surface area (Å²) < 4.78 is 5.85. The molecule has 0 spiro atoms. The number of nitrogens with zero attached hydrogens (tertiary/aromatic N) is 2. The van der Waals surface area contributed by atoms with Crippen LogP contribution in [0.2, 0.25) is 0 Å². The molecule has 0 aromatic rings. The van der Waals surface area contributed by atoms with Crippen molar-refractivity contribution in [1.82, 2.24) is 15.1 Å². The van der Waals surface area contributed by atoms with Crippen molar-refractivity contribution < 1.29 is 4.74 Å². The first-order valence-corrected chi connectivity index (χ1v) is 6.90. The van der Waals surface area contributed by atoms with Crippen LogP contribution in [0.3, 0.4) is 0 Å². The summed E-state index contributed by atoms with van der Waals surface area (Å²) in [4.78, 5) is 4.97. The van der Waals surface area contributed by atoms with Crippen LogP contribution >= 0.6 is 0 Å². The van der Waals surface area contributed by atoms with Crippen LogP contribution < -0.4 is 5.32 Å². The molecular weight excluding hydrogens is 214 g/mol. The topological polar surface area (TPSA) is 27.7 Å². The van der Waals surface area contributed by atoms with E-state index in [9.17, 15) is 0 Å². The van der Waals surface area contributed by atoms with E-state index in [4.69, 9.17) is 4.74 Å².